The number of nitrogens with one attached hydrogen (secondary N) is 1. The minimum Gasteiger partial charge on any atom is -0.376 e. The number of aryl methyl sites for hydroxylation is 1. The van der Waals surface area contributed by atoms with Crippen LogP contribution in [0.4, 0.5) is 0 Å². The molecule has 4 rings (SSSR count). The Labute approximate surface area is 164 Å². The van der Waals surface area contributed by atoms with E-state index in [9.17, 15) is 4.79 Å². The molecule has 1 saturated heterocycles. The Kier molecular flexibility index (Phi) is 5.48. The normalized spacial score (nSPS) is 16.2. The molecular formula is C22H24N4O2. The number of carbonyl (C=O) groups excluding carboxylic acids is 1. The molecule has 0 saturated carbocycles. The van der Waals surface area contributed by atoms with Gasteiger partial charge in [0.25, 0.3) is 0 Å². The minimum absolute atomic E-state index is 0.0513. The maximum atomic E-state index is 12.1. The maximum absolute atomic E-state index is 12.1. The molecule has 0 spiro atoms. The van der Waals surface area contributed by atoms with E-state index in [0.717, 1.165) is 47.5 Å². The molecule has 1 atom stereocenters. The highest BCUT2D eigenvalue weighted by Crippen LogP contribution is 2.25. The zero-order valence-corrected chi connectivity index (χ0v) is 16.0. The van der Waals surface area contributed by atoms with E-state index in [2.05, 4.69) is 33.6 Å². The van der Waals surface area contributed by atoms with Crippen molar-refractivity contribution in [2.75, 3.05) is 13.2 Å². The van der Waals surface area contributed by atoms with Crippen molar-refractivity contribution in [1.29, 1.82) is 0 Å². The van der Waals surface area contributed by atoms with Gasteiger partial charge in [-0.15, -0.1) is 0 Å². The first-order chi connectivity index (χ1) is 13.7. The fourth-order valence-corrected chi connectivity index (χ4v) is 3.34. The van der Waals surface area contributed by atoms with E-state index in [1.165, 1.54) is 0 Å². The van der Waals surface area contributed by atoms with Crippen LogP contribution in [0.3, 0.4) is 0 Å². The lowest BCUT2D eigenvalue weighted by Gasteiger charge is -2.10. The van der Waals surface area contributed by atoms with E-state index < -0.39 is 0 Å². The molecule has 6 nitrogen and oxygen atoms in total. The second-order valence-corrected chi connectivity index (χ2v) is 7.11. The van der Waals surface area contributed by atoms with Crippen LogP contribution in [0.1, 0.15) is 18.5 Å². The third-order valence-corrected chi connectivity index (χ3v) is 4.90. The van der Waals surface area contributed by atoms with Crippen LogP contribution in [-0.4, -0.2) is 39.9 Å². The summed E-state index contributed by atoms with van der Waals surface area (Å²) in [5.41, 5.74) is 5.01. The average molecular weight is 376 g/mol. The van der Waals surface area contributed by atoms with Crippen molar-refractivity contribution in [3.63, 3.8) is 0 Å². The SMILES string of the molecule is Cc1ccc(-c2cccc(-c3ccn(CC(=O)NCC4CCCO4)n3)c2)cn1. The van der Waals surface area contributed by atoms with Crippen LogP contribution >= 0.6 is 0 Å². The zero-order chi connectivity index (χ0) is 19.3. The topological polar surface area (TPSA) is 69.0 Å². The first-order valence-corrected chi connectivity index (χ1v) is 9.62. The van der Waals surface area contributed by atoms with Crippen molar-refractivity contribution in [1.82, 2.24) is 20.1 Å². The molecule has 1 N–H and O–H groups in total. The van der Waals surface area contributed by atoms with Crippen LogP contribution in [0.15, 0.2) is 54.9 Å². The molecule has 28 heavy (non-hydrogen) atoms. The van der Waals surface area contributed by atoms with Gasteiger partial charge in [-0.2, -0.15) is 5.10 Å². The van der Waals surface area contributed by atoms with Crippen LogP contribution in [0.2, 0.25) is 0 Å². The molecule has 3 aromatic rings. The largest absolute Gasteiger partial charge is 0.376 e. The summed E-state index contributed by atoms with van der Waals surface area (Å²) in [6.07, 6.45) is 5.95. The fourth-order valence-electron chi connectivity index (χ4n) is 3.34. The predicted octanol–water partition coefficient (Wildman–Crippen LogP) is 3.22. The first-order valence-electron chi connectivity index (χ1n) is 9.62. The van der Waals surface area contributed by atoms with Gasteiger partial charge in [0.15, 0.2) is 0 Å². The quantitative estimate of drug-likeness (QED) is 0.717. The smallest absolute Gasteiger partial charge is 0.241 e. The van der Waals surface area contributed by atoms with Gasteiger partial charge in [0.2, 0.25) is 5.91 Å². The number of ether oxygens (including phenoxy) is 1. The number of rotatable bonds is 6. The number of amides is 1. The molecule has 1 unspecified atom stereocenters. The van der Waals surface area contributed by atoms with Crippen molar-refractivity contribution in [3.05, 3.63) is 60.6 Å². The van der Waals surface area contributed by atoms with Crippen LogP contribution in [0.25, 0.3) is 22.4 Å². The highest BCUT2D eigenvalue weighted by molar-refractivity contribution is 5.76. The van der Waals surface area contributed by atoms with Crippen molar-refractivity contribution in [3.8, 4) is 22.4 Å². The van der Waals surface area contributed by atoms with Gasteiger partial charge in [-0.3, -0.25) is 14.5 Å². The van der Waals surface area contributed by atoms with E-state index in [1.54, 1.807) is 4.68 Å². The predicted molar refractivity (Wildman–Crippen MR) is 108 cm³/mol. The minimum atomic E-state index is -0.0513. The Bertz CT molecular complexity index is 943. The van der Waals surface area contributed by atoms with E-state index in [0.29, 0.717) is 6.54 Å². The number of hydrogen-bond acceptors (Lipinski definition) is 4. The summed E-state index contributed by atoms with van der Waals surface area (Å²) in [4.78, 5) is 16.5. The standard InChI is InChI=1S/C22H24N4O2/c1-16-7-8-19(13-23-16)17-4-2-5-18(12-17)21-9-10-26(25-21)15-22(27)24-14-20-6-3-11-28-20/h2,4-5,7-10,12-13,20H,3,6,11,14-15H2,1H3,(H,24,27). The molecule has 1 aromatic carbocycles. The van der Waals surface area contributed by atoms with Gasteiger partial charge < -0.3 is 10.1 Å². The molecule has 2 aromatic heterocycles. The average Bonchev–Trinajstić information content (AvgIpc) is 3.39. The summed E-state index contributed by atoms with van der Waals surface area (Å²) in [6.45, 7) is 3.54. The second kappa shape index (κ2) is 8.35. The van der Waals surface area contributed by atoms with Gasteiger partial charge in [-0.05, 0) is 43.5 Å². The van der Waals surface area contributed by atoms with Crippen LogP contribution < -0.4 is 5.32 Å². The molecule has 1 aliphatic heterocycles. The van der Waals surface area contributed by atoms with Crippen LogP contribution in [-0.2, 0) is 16.1 Å². The monoisotopic (exact) mass is 376 g/mol. The first kappa shape index (κ1) is 18.4. The molecule has 1 aliphatic rings. The Balaban J connectivity index is 1.41. The van der Waals surface area contributed by atoms with Crippen molar-refractivity contribution in [2.45, 2.75) is 32.4 Å². The Hall–Kier alpha value is -2.99. The summed E-state index contributed by atoms with van der Waals surface area (Å²) in [6, 6.07) is 14.2. The third-order valence-electron chi connectivity index (χ3n) is 4.90. The number of pyridine rings is 1. The summed E-state index contributed by atoms with van der Waals surface area (Å²) in [5.74, 6) is -0.0513. The van der Waals surface area contributed by atoms with E-state index in [-0.39, 0.29) is 18.6 Å². The molecule has 6 heteroatoms. The summed E-state index contributed by atoms with van der Waals surface area (Å²) in [7, 11) is 0. The second-order valence-electron chi connectivity index (χ2n) is 7.11. The van der Waals surface area contributed by atoms with Gasteiger partial charge in [0.05, 0.1) is 11.8 Å². The lowest BCUT2D eigenvalue weighted by Crippen LogP contribution is -2.34. The highest BCUT2D eigenvalue weighted by atomic mass is 16.5. The van der Waals surface area contributed by atoms with Crippen molar-refractivity contribution < 1.29 is 9.53 Å². The number of benzene rings is 1. The summed E-state index contributed by atoms with van der Waals surface area (Å²) in [5, 5.41) is 7.48. The lowest BCUT2D eigenvalue weighted by atomic mass is 10.0. The highest BCUT2D eigenvalue weighted by Gasteiger charge is 2.16. The number of carbonyl (C=O) groups is 1. The Morgan fingerprint density at radius 2 is 2.11 bits per heavy atom. The molecule has 1 fully saturated rings. The lowest BCUT2D eigenvalue weighted by molar-refractivity contribution is -0.122. The summed E-state index contributed by atoms with van der Waals surface area (Å²) < 4.78 is 7.20. The Morgan fingerprint density at radius 3 is 2.89 bits per heavy atom. The fraction of sp³-hybridized carbons (Fsp3) is 0.318. The van der Waals surface area contributed by atoms with Crippen molar-refractivity contribution >= 4 is 5.91 Å². The van der Waals surface area contributed by atoms with Crippen LogP contribution in [0, 0.1) is 6.92 Å². The van der Waals surface area contributed by atoms with Crippen LogP contribution in [0.5, 0.6) is 0 Å². The molecule has 0 aliphatic carbocycles. The van der Waals surface area contributed by atoms with E-state index in [4.69, 9.17) is 4.74 Å². The molecule has 144 valence electrons. The van der Waals surface area contributed by atoms with Gasteiger partial charge in [-0.1, -0.05) is 24.3 Å². The molecule has 0 bridgehead atoms. The number of hydrogen-bond donors (Lipinski definition) is 1. The van der Waals surface area contributed by atoms with Gasteiger partial charge in [0, 0.05) is 42.4 Å². The number of aromatic nitrogens is 3. The van der Waals surface area contributed by atoms with Gasteiger partial charge in [-0.25, -0.2) is 0 Å². The van der Waals surface area contributed by atoms with Gasteiger partial charge >= 0.3 is 0 Å². The molecule has 3 heterocycles. The summed E-state index contributed by atoms with van der Waals surface area (Å²) >= 11 is 0. The molecular weight excluding hydrogens is 352 g/mol. The van der Waals surface area contributed by atoms with E-state index in [1.807, 2.05) is 43.6 Å². The molecule has 1 amide bonds. The number of nitrogens with zero attached hydrogens (tertiary/aromatic N) is 3. The third kappa shape index (κ3) is 4.46. The maximum Gasteiger partial charge on any atom is 0.241 e. The van der Waals surface area contributed by atoms with E-state index >= 15 is 0 Å². The Morgan fingerprint density at radius 1 is 1.21 bits per heavy atom. The zero-order valence-electron chi connectivity index (χ0n) is 16.0. The van der Waals surface area contributed by atoms with Crippen molar-refractivity contribution in [2.24, 2.45) is 0 Å². The molecule has 0 radical (unpaired) electrons. The van der Waals surface area contributed by atoms with Gasteiger partial charge in [0.1, 0.15) is 6.54 Å².